The molecule has 1 amide bonds. The molecule has 2 aromatic heterocycles. The summed E-state index contributed by atoms with van der Waals surface area (Å²) in [6.07, 6.45) is 0. The van der Waals surface area contributed by atoms with Crippen LogP contribution in [0.3, 0.4) is 0 Å². The molecule has 0 atom stereocenters. The van der Waals surface area contributed by atoms with Gasteiger partial charge in [-0.05, 0) is 31.2 Å². The van der Waals surface area contributed by atoms with E-state index in [1.54, 1.807) is 22.7 Å². The molecule has 0 unspecified atom stereocenters. The maximum atomic E-state index is 12.4. The zero-order valence-electron chi connectivity index (χ0n) is 14.4. The molecule has 0 aliphatic rings. The lowest BCUT2D eigenvalue weighted by atomic mass is 10.2. The van der Waals surface area contributed by atoms with Crippen molar-refractivity contribution in [3.8, 4) is 5.88 Å². The average molecular weight is 340 g/mol. The zero-order valence-corrected chi connectivity index (χ0v) is 14.4. The number of rotatable bonds is 6. The molecule has 25 heavy (non-hydrogen) atoms. The first-order valence-electron chi connectivity index (χ1n) is 7.98. The van der Waals surface area contributed by atoms with Gasteiger partial charge in [0.25, 0.3) is 5.91 Å². The van der Waals surface area contributed by atoms with Crippen molar-refractivity contribution in [2.45, 2.75) is 13.5 Å². The molecule has 0 aliphatic carbocycles. The van der Waals surface area contributed by atoms with Gasteiger partial charge in [0, 0.05) is 31.4 Å². The minimum atomic E-state index is -0.179. The van der Waals surface area contributed by atoms with Gasteiger partial charge >= 0.3 is 0 Å². The molecule has 2 heterocycles. The first-order chi connectivity index (χ1) is 12.1. The topological polar surface area (TPSA) is 84.7 Å². The Bertz CT molecular complexity index is 890. The van der Waals surface area contributed by atoms with Crippen molar-refractivity contribution in [3.05, 3.63) is 47.8 Å². The number of carbonyl (C=O) groups is 1. The molecule has 3 rings (SSSR count). The second kappa shape index (κ2) is 7.16. The normalized spacial score (nSPS) is 10.7. The molecule has 0 fully saturated rings. The number of nitrogens with one attached hydrogen (secondary N) is 1. The lowest BCUT2D eigenvalue weighted by molar-refractivity contribution is 0.0949. The van der Waals surface area contributed by atoms with Gasteiger partial charge in [0.2, 0.25) is 5.88 Å². The number of hydrogen-bond donors (Lipinski definition) is 1. The van der Waals surface area contributed by atoms with Gasteiger partial charge in [-0.1, -0.05) is 6.07 Å². The predicted octanol–water partition coefficient (Wildman–Crippen LogP) is 1.52. The molecule has 0 bridgehead atoms. The molecular formula is C17H20N6O2. The quantitative estimate of drug-likeness (QED) is 0.732. The van der Waals surface area contributed by atoms with Crippen LogP contribution in [-0.2, 0) is 6.54 Å². The molecule has 3 aromatic rings. The van der Waals surface area contributed by atoms with Crippen molar-refractivity contribution >= 4 is 17.2 Å². The summed E-state index contributed by atoms with van der Waals surface area (Å²) in [5.41, 5.74) is 2.15. The Labute approximate surface area is 145 Å². The van der Waals surface area contributed by atoms with E-state index in [1.807, 2.05) is 44.1 Å². The minimum absolute atomic E-state index is 0.179. The Kier molecular flexibility index (Phi) is 4.78. The molecule has 8 heteroatoms. The van der Waals surface area contributed by atoms with E-state index < -0.39 is 0 Å². The Hall–Kier alpha value is -3.16. The van der Waals surface area contributed by atoms with E-state index in [9.17, 15) is 4.79 Å². The van der Waals surface area contributed by atoms with Crippen LogP contribution in [0.1, 0.15) is 23.1 Å². The molecule has 1 N–H and O–H groups in total. The van der Waals surface area contributed by atoms with E-state index in [0.29, 0.717) is 29.5 Å². The second-order valence-corrected chi connectivity index (χ2v) is 5.62. The standard InChI is InChI=1S/C17H20N6O2/c1-4-25-16-9-8-14-19-20-15(23(14)21-16)11-18-17(24)12-6-5-7-13(10-12)22(2)3/h5-10H,4,11H2,1-3H3,(H,18,24). The SMILES string of the molecule is CCOc1ccc2nnc(CNC(=O)c3cccc(N(C)C)c3)n2n1. The van der Waals surface area contributed by atoms with Crippen molar-refractivity contribution < 1.29 is 9.53 Å². The number of amides is 1. The lowest BCUT2D eigenvalue weighted by Gasteiger charge is -2.13. The summed E-state index contributed by atoms with van der Waals surface area (Å²) < 4.78 is 6.96. The van der Waals surface area contributed by atoms with Gasteiger partial charge in [-0.25, -0.2) is 0 Å². The smallest absolute Gasteiger partial charge is 0.251 e. The van der Waals surface area contributed by atoms with Crippen LogP contribution in [-0.4, -0.2) is 46.4 Å². The van der Waals surface area contributed by atoms with E-state index in [4.69, 9.17) is 4.74 Å². The highest BCUT2D eigenvalue weighted by molar-refractivity contribution is 5.95. The summed E-state index contributed by atoms with van der Waals surface area (Å²) in [5, 5.41) is 15.3. The molecule has 0 saturated carbocycles. The zero-order chi connectivity index (χ0) is 17.8. The van der Waals surface area contributed by atoms with Crippen molar-refractivity contribution in [1.82, 2.24) is 25.1 Å². The Morgan fingerprint density at radius 1 is 1.24 bits per heavy atom. The highest BCUT2D eigenvalue weighted by Crippen LogP contribution is 2.13. The van der Waals surface area contributed by atoms with Crippen molar-refractivity contribution in [2.75, 3.05) is 25.6 Å². The van der Waals surface area contributed by atoms with Gasteiger partial charge in [0.1, 0.15) is 0 Å². The van der Waals surface area contributed by atoms with Crippen molar-refractivity contribution in [2.24, 2.45) is 0 Å². The molecule has 8 nitrogen and oxygen atoms in total. The number of nitrogens with zero attached hydrogens (tertiary/aromatic N) is 5. The van der Waals surface area contributed by atoms with Crippen LogP contribution in [0.2, 0.25) is 0 Å². The minimum Gasteiger partial charge on any atom is -0.477 e. The molecule has 0 radical (unpaired) electrons. The fourth-order valence-electron chi connectivity index (χ4n) is 2.34. The molecule has 0 spiro atoms. The number of carbonyl (C=O) groups excluding carboxylic acids is 1. The summed E-state index contributed by atoms with van der Waals surface area (Å²) >= 11 is 0. The van der Waals surface area contributed by atoms with Crippen LogP contribution >= 0.6 is 0 Å². The van der Waals surface area contributed by atoms with Crippen LogP contribution in [0.5, 0.6) is 5.88 Å². The predicted molar refractivity (Wildman–Crippen MR) is 93.9 cm³/mol. The highest BCUT2D eigenvalue weighted by atomic mass is 16.5. The average Bonchev–Trinajstić information content (AvgIpc) is 3.02. The fourth-order valence-corrected chi connectivity index (χ4v) is 2.34. The molecule has 1 aromatic carbocycles. The Morgan fingerprint density at radius 3 is 2.84 bits per heavy atom. The lowest BCUT2D eigenvalue weighted by Crippen LogP contribution is -2.24. The maximum absolute atomic E-state index is 12.4. The summed E-state index contributed by atoms with van der Waals surface area (Å²) in [4.78, 5) is 14.3. The highest BCUT2D eigenvalue weighted by Gasteiger charge is 2.11. The van der Waals surface area contributed by atoms with Crippen LogP contribution in [0.15, 0.2) is 36.4 Å². The molecule has 0 saturated heterocycles. The van der Waals surface area contributed by atoms with E-state index in [1.165, 1.54) is 0 Å². The van der Waals surface area contributed by atoms with Crippen molar-refractivity contribution in [1.29, 1.82) is 0 Å². The summed E-state index contributed by atoms with van der Waals surface area (Å²) in [6, 6.07) is 10.9. The Morgan fingerprint density at radius 2 is 2.08 bits per heavy atom. The first kappa shape index (κ1) is 16.7. The van der Waals surface area contributed by atoms with Crippen LogP contribution < -0.4 is 15.0 Å². The van der Waals surface area contributed by atoms with Crippen molar-refractivity contribution in [3.63, 3.8) is 0 Å². The Balaban J connectivity index is 1.75. The summed E-state index contributed by atoms with van der Waals surface area (Å²) in [7, 11) is 3.86. The monoisotopic (exact) mass is 340 g/mol. The number of benzene rings is 1. The number of hydrogen-bond acceptors (Lipinski definition) is 6. The van der Waals surface area contributed by atoms with E-state index in [-0.39, 0.29) is 12.5 Å². The number of fused-ring (bicyclic) bond motifs is 1. The van der Waals surface area contributed by atoms with Gasteiger partial charge in [-0.15, -0.1) is 15.3 Å². The van der Waals surface area contributed by atoms with Crippen LogP contribution in [0.4, 0.5) is 5.69 Å². The van der Waals surface area contributed by atoms with Gasteiger partial charge in [-0.3, -0.25) is 4.79 Å². The first-order valence-corrected chi connectivity index (χ1v) is 7.98. The van der Waals surface area contributed by atoms with Gasteiger partial charge in [0.05, 0.1) is 13.2 Å². The largest absolute Gasteiger partial charge is 0.477 e. The molecule has 0 aliphatic heterocycles. The van der Waals surface area contributed by atoms with Gasteiger partial charge in [0.15, 0.2) is 11.5 Å². The van der Waals surface area contributed by atoms with E-state index in [2.05, 4.69) is 20.6 Å². The van der Waals surface area contributed by atoms with Gasteiger partial charge < -0.3 is 15.0 Å². The third-order valence-corrected chi connectivity index (χ3v) is 3.63. The molecular weight excluding hydrogens is 320 g/mol. The van der Waals surface area contributed by atoms with Crippen LogP contribution in [0, 0.1) is 0 Å². The third kappa shape index (κ3) is 3.68. The van der Waals surface area contributed by atoms with E-state index >= 15 is 0 Å². The number of aromatic nitrogens is 4. The molecule has 130 valence electrons. The summed E-state index contributed by atoms with van der Waals surface area (Å²) in [5.74, 6) is 0.844. The second-order valence-electron chi connectivity index (χ2n) is 5.62. The number of ether oxygens (including phenoxy) is 1. The van der Waals surface area contributed by atoms with E-state index in [0.717, 1.165) is 5.69 Å². The summed E-state index contributed by atoms with van der Waals surface area (Å²) in [6.45, 7) is 2.63. The van der Waals surface area contributed by atoms with Crippen LogP contribution in [0.25, 0.3) is 5.65 Å². The fraction of sp³-hybridized carbons (Fsp3) is 0.294. The van der Waals surface area contributed by atoms with Gasteiger partial charge in [-0.2, -0.15) is 4.52 Å². The number of anilines is 1. The maximum Gasteiger partial charge on any atom is 0.251 e. The third-order valence-electron chi connectivity index (χ3n) is 3.63.